The van der Waals surface area contributed by atoms with Gasteiger partial charge in [-0.05, 0) is 32.0 Å². The third kappa shape index (κ3) is 3.97. The Morgan fingerprint density at radius 3 is 2.84 bits per heavy atom. The standard InChI is InChI=1S/C21H25N7O3/c1-14(2)31-13-18(29)15-9-16-11-23-28(20(16)22-10-15)17-3-4-19-24-21(25-27(19)12-17)26-5-7-30-8-6-26/h3-4,9-12,14,18,29H,5-8,13H2,1-2H3/t18-/m1/s1. The Bertz CT molecular complexity index is 1200. The van der Waals surface area contributed by atoms with Gasteiger partial charge in [-0.3, -0.25) is 0 Å². The van der Waals surface area contributed by atoms with E-state index in [1.807, 2.05) is 38.2 Å². The molecule has 0 amide bonds. The molecular weight excluding hydrogens is 398 g/mol. The highest BCUT2D eigenvalue weighted by atomic mass is 16.5. The first kappa shape index (κ1) is 19.9. The van der Waals surface area contributed by atoms with Crippen molar-refractivity contribution in [1.29, 1.82) is 0 Å². The van der Waals surface area contributed by atoms with E-state index >= 15 is 0 Å². The quantitative estimate of drug-likeness (QED) is 0.500. The first-order chi connectivity index (χ1) is 15.1. The van der Waals surface area contributed by atoms with Gasteiger partial charge in [0.15, 0.2) is 11.3 Å². The minimum atomic E-state index is -0.729. The molecule has 5 heterocycles. The van der Waals surface area contributed by atoms with Crippen LogP contribution in [0.4, 0.5) is 5.95 Å². The lowest BCUT2D eigenvalue weighted by atomic mass is 10.1. The van der Waals surface area contributed by atoms with Crippen LogP contribution < -0.4 is 4.90 Å². The Balaban J connectivity index is 1.43. The van der Waals surface area contributed by atoms with E-state index in [-0.39, 0.29) is 12.7 Å². The number of anilines is 1. The average Bonchev–Trinajstić information content (AvgIpc) is 3.41. The van der Waals surface area contributed by atoms with Crippen LogP contribution >= 0.6 is 0 Å². The smallest absolute Gasteiger partial charge is 0.245 e. The van der Waals surface area contributed by atoms with Gasteiger partial charge in [-0.15, -0.1) is 5.10 Å². The van der Waals surface area contributed by atoms with Crippen molar-refractivity contribution < 1.29 is 14.6 Å². The molecule has 0 unspecified atom stereocenters. The van der Waals surface area contributed by atoms with E-state index in [9.17, 15) is 5.11 Å². The fraction of sp³-hybridized carbons (Fsp3) is 0.429. The molecule has 0 aromatic carbocycles. The van der Waals surface area contributed by atoms with Crippen LogP contribution in [0.1, 0.15) is 25.5 Å². The van der Waals surface area contributed by atoms with Crippen molar-refractivity contribution in [3.05, 3.63) is 42.4 Å². The number of aliphatic hydroxyl groups excluding tert-OH is 1. The van der Waals surface area contributed by atoms with Crippen LogP contribution in [-0.4, -0.2) is 73.5 Å². The molecule has 5 rings (SSSR count). The van der Waals surface area contributed by atoms with Gasteiger partial charge in [0, 0.05) is 30.2 Å². The van der Waals surface area contributed by atoms with Gasteiger partial charge in [-0.25, -0.2) is 14.2 Å². The van der Waals surface area contributed by atoms with Crippen molar-refractivity contribution in [3.8, 4) is 5.69 Å². The summed E-state index contributed by atoms with van der Waals surface area (Å²) in [6.45, 7) is 7.05. The number of pyridine rings is 2. The predicted octanol–water partition coefficient (Wildman–Crippen LogP) is 1.76. The number of hydrogen-bond acceptors (Lipinski definition) is 8. The largest absolute Gasteiger partial charge is 0.386 e. The van der Waals surface area contributed by atoms with Crippen LogP contribution in [-0.2, 0) is 9.47 Å². The van der Waals surface area contributed by atoms with Crippen LogP contribution in [0.15, 0.2) is 36.8 Å². The van der Waals surface area contributed by atoms with Crippen molar-refractivity contribution in [1.82, 2.24) is 29.4 Å². The second-order valence-corrected chi connectivity index (χ2v) is 7.84. The first-order valence-corrected chi connectivity index (χ1v) is 10.4. The highest BCUT2D eigenvalue weighted by Crippen LogP contribution is 2.22. The van der Waals surface area contributed by atoms with Crippen LogP contribution in [0.5, 0.6) is 0 Å². The topological polar surface area (TPSA) is 103 Å². The lowest BCUT2D eigenvalue weighted by Crippen LogP contribution is -2.36. The molecule has 10 nitrogen and oxygen atoms in total. The van der Waals surface area contributed by atoms with Gasteiger partial charge in [0.2, 0.25) is 5.95 Å². The molecule has 0 spiro atoms. The van der Waals surface area contributed by atoms with Crippen molar-refractivity contribution >= 4 is 22.6 Å². The Kier molecular flexibility index (Phi) is 5.26. The molecule has 0 bridgehead atoms. The van der Waals surface area contributed by atoms with Gasteiger partial charge in [-0.2, -0.15) is 10.1 Å². The monoisotopic (exact) mass is 423 g/mol. The fourth-order valence-electron chi connectivity index (χ4n) is 3.57. The van der Waals surface area contributed by atoms with Gasteiger partial charge < -0.3 is 19.5 Å². The SMILES string of the molecule is CC(C)OC[C@@H](O)c1cnc2c(cnn2-c2ccc3nc(N4CCOCC4)nn3c2)c1. The van der Waals surface area contributed by atoms with Gasteiger partial charge in [0.05, 0.1) is 44.0 Å². The number of aromatic nitrogens is 6. The summed E-state index contributed by atoms with van der Waals surface area (Å²) < 4.78 is 14.4. The molecular formula is C21H25N7O3. The molecule has 1 aliphatic heterocycles. The summed E-state index contributed by atoms with van der Waals surface area (Å²) in [5.74, 6) is 0.700. The molecule has 0 aliphatic carbocycles. The van der Waals surface area contributed by atoms with Crippen molar-refractivity contribution in [2.45, 2.75) is 26.1 Å². The minimum absolute atomic E-state index is 0.0598. The Hall–Kier alpha value is -3.08. The Morgan fingerprint density at radius 2 is 2.03 bits per heavy atom. The van der Waals surface area contributed by atoms with Gasteiger partial charge >= 0.3 is 0 Å². The lowest BCUT2D eigenvalue weighted by Gasteiger charge is -2.25. The third-order valence-electron chi connectivity index (χ3n) is 5.24. The Labute approximate surface area is 179 Å². The number of rotatable bonds is 6. The van der Waals surface area contributed by atoms with E-state index in [0.717, 1.165) is 29.8 Å². The highest BCUT2D eigenvalue weighted by molar-refractivity contribution is 5.77. The summed E-state index contributed by atoms with van der Waals surface area (Å²) in [5, 5.41) is 20.3. The van der Waals surface area contributed by atoms with Crippen molar-refractivity contribution in [2.75, 3.05) is 37.8 Å². The van der Waals surface area contributed by atoms with E-state index in [1.54, 1.807) is 21.6 Å². The van der Waals surface area contributed by atoms with E-state index in [0.29, 0.717) is 30.4 Å². The van der Waals surface area contributed by atoms with E-state index < -0.39 is 6.10 Å². The normalized spacial score (nSPS) is 15.9. The van der Waals surface area contributed by atoms with Gasteiger partial charge in [0.1, 0.15) is 6.10 Å². The molecule has 10 heteroatoms. The number of hydrogen-bond donors (Lipinski definition) is 1. The summed E-state index contributed by atoms with van der Waals surface area (Å²) in [5.41, 5.74) is 3.00. The lowest BCUT2D eigenvalue weighted by molar-refractivity contribution is 0.00486. The van der Waals surface area contributed by atoms with E-state index in [2.05, 4.69) is 25.1 Å². The molecule has 31 heavy (non-hydrogen) atoms. The molecule has 162 valence electrons. The Morgan fingerprint density at radius 1 is 1.19 bits per heavy atom. The zero-order valence-electron chi connectivity index (χ0n) is 17.5. The highest BCUT2D eigenvalue weighted by Gasteiger charge is 2.17. The average molecular weight is 423 g/mol. The predicted molar refractivity (Wildman–Crippen MR) is 114 cm³/mol. The molecule has 0 saturated carbocycles. The second kappa shape index (κ2) is 8.22. The maximum absolute atomic E-state index is 10.4. The summed E-state index contributed by atoms with van der Waals surface area (Å²) in [6.07, 6.45) is 4.63. The molecule has 1 atom stereocenters. The number of nitrogens with zero attached hydrogens (tertiary/aromatic N) is 7. The molecule has 4 aromatic heterocycles. The maximum atomic E-state index is 10.4. The van der Waals surface area contributed by atoms with E-state index in [4.69, 9.17) is 9.47 Å². The van der Waals surface area contributed by atoms with Crippen LogP contribution in [0, 0.1) is 0 Å². The van der Waals surface area contributed by atoms with Crippen LogP contribution in [0.3, 0.4) is 0 Å². The molecule has 1 aliphatic rings. The zero-order valence-corrected chi connectivity index (χ0v) is 17.5. The minimum Gasteiger partial charge on any atom is -0.386 e. The molecule has 1 saturated heterocycles. The summed E-state index contributed by atoms with van der Waals surface area (Å²) in [7, 11) is 0. The summed E-state index contributed by atoms with van der Waals surface area (Å²) in [6, 6.07) is 5.76. The van der Waals surface area contributed by atoms with Crippen LogP contribution in [0.2, 0.25) is 0 Å². The number of fused-ring (bicyclic) bond motifs is 2. The number of aliphatic hydroxyl groups is 1. The number of ether oxygens (including phenoxy) is 2. The molecule has 0 radical (unpaired) electrons. The van der Waals surface area contributed by atoms with E-state index in [1.165, 1.54) is 0 Å². The zero-order chi connectivity index (χ0) is 21.4. The second-order valence-electron chi connectivity index (χ2n) is 7.84. The summed E-state index contributed by atoms with van der Waals surface area (Å²) in [4.78, 5) is 11.3. The van der Waals surface area contributed by atoms with Crippen LogP contribution in [0.25, 0.3) is 22.4 Å². The molecule has 1 fully saturated rings. The molecule has 1 N–H and O–H groups in total. The van der Waals surface area contributed by atoms with Crippen molar-refractivity contribution in [2.24, 2.45) is 0 Å². The first-order valence-electron chi connectivity index (χ1n) is 10.4. The summed E-state index contributed by atoms with van der Waals surface area (Å²) >= 11 is 0. The van der Waals surface area contributed by atoms with Crippen molar-refractivity contribution in [3.63, 3.8) is 0 Å². The number of morpholine rings is 1. The molecule has 4 aromatic rings. The fourth-order valence-corrected chi connectivity index (χ4v) is 3.57. The van der Waals surface area contributed by atoms with Gasteiger partial charge in [-0.1, -0.05) is 0 Å². The third-order valence-corrected chi connectivity index (χ3v) is 5.24. The maximum Gasteiger partial charge on any atom is 0.245 e. The van der Waals surface area contributed by atoms with Gasteiger partial charge in [0.25, 0.3) is 0 Å².